The lowest BCUT2D eigenvalue weighted by molar-refractivity contribution is -0.122. The fourth-order valence-electron chi connectivity index (χ4n) is 2.85. The number of carbonyl (C=O) groups is 1. The molecule has 0 radical (unpaired) electrons. The van der Waals surface area contributed by atoms with E-state index in [1.807, 2.05) is 0 Å². The second-order valence-electron chi connectivity index (χ2n) is 4.85. The summed E-state index contributed by atoms with van der Waals surface area (Å²) in [5.41, 5.74) is 0. The Kier molecular flexibility index (Phi) is 3.20. The van der Waals surface area contributed by atoms with Crippen LogP contribution in [0.25, 0.3) is 0 Å². The fraction of sp³-hybridized carbons (Fsp3) is 0.583. The first-order valence-corrected chi connectivity index (χ1v) is 7.07. The number of nitrogens with zero attached hydrogens (tertiary/aromatic N) is 3. The molecular formula is C12H15BrN4O. The molecule has 1 aliphatic heterocycles. The molecule has 5 nitrogen and oxygen atoms in total. The number of hydrogen-bond acceptors (Lipinski definition) is 4. The van der Waals surface area contributed by atoms with Crippen molar-refractivity contribution < 1.29 is 4.79 Å². The normalized spacial score (nSPS) is 27.6. The van der Waals surface area contributed by atoms with Gasteiger partial charge in [-0.25, -0.2) is 9.97 Å². The molecule has 96 valence electrons. The van der Waals surface area contributed by atoms with Gasteiger partial charge in [0.1, 0.15) is 6.54 Å². The first-order chi connectivity index (χ1) is 8.74. The quantitative estimate of drug-likeness (QED) is 0.854. The Hall–Kier alpha value is -1.17. The monoisotopic (exact) mass is 310 g/mol. The number of hydrogen-bond donors (Lipinski definition) is 1. The molecule has 0 spiro atoms. The summed E-state index contributed by atoms with van der Waals surface area (Å²) in [5.74, 6) is 0.731. The summed E-state index contributed by atoms with van der Waals surface area (Å²) < 4.78 is 0.855. The molecule has 1 aromatic heterocycles. The number of halogens is 1. The van der Waals surface area contributed by atoms with Crippen molar-refractivity contribution in [3.8, 4) is 0 Å². The van der Waals surface area contributed by atoms with Gasteiger partial charge in [-0.3, -0.25) is 4.79 Å². The molecule has 6 heteroatoms. The van der Waals surface area contributed by atoms with Crippen LogP contribution < -0.4 is 10.2 Å². The molecule has 0 bridgehead atoms. The topological polar surface area (TPSA) is 58.1 Å². The van der Waals surface area contributed by atoms with E-state index in [0.717, 1.165) is 17.3 Å². The Morgan fingerprint density at radius 3 is 2.78 bits per heavy atom. The van der Waals surface area contributed by atoms with Crippen LogP contribution >= 0.6 is 15.9 Å². The van der Waals surface area contributed by atoms with Crippen LogP contribution in [0.1, 0.15) is 25.7 Å². The number of nitrogens with one attached hydrogen (secondary N) is 1. The van der Waals surface area contributed by atoms with E-state index in [1.165, 1.54) is 12.8 Å². The van der Waals surface area contributed by atoms with E-state index < -0.39 is 0 Å². The van der Waals surface area contributed by atoms with Crippen LogP contribution in [-0.4, -0.2) is 34.5 Å². The number of rotatable bonds is 1. The molecular weight excluding hydrogens is 296 g/mol. The van der Waals surface area contributed by atoms with Crippen LogP contribution in [0.5, 0.6) is 0 Å². The molecule has 2 aliphatic rings. The molecule has 1 aromatic rings. The van der Waals surface area contributed by atoms with Crippen LogP contribution in [0.4, 0.5) is 5.95 Å². The van der Waals surface area contributed by atoms with Crippen LogP contribution in [0.2, 0.25) is 0 Å². The lowest BCUT2D eigenvalue weighted by atomic mass is 9.87. The van der Waals surface area contributed by atoms with Gasteiger partial charge in [-0.05, 0) is 28.8 Å². The molecule has 2 fully saturated rings. The third kappa shape index (κ3) is 2.21. The van der Waals surface area contributed by atoms with E-state index in [2.05, 4.69) is 36.1 Å². The Labute approximate surface area is 114 Å². The summed E-state index contributed by atoms with van der Waals surface area (Å²) in [4.78, 5) is 22.4. The zero-order valence-corrected chi connectivity index (χ0v) is 11.6. The predicted molar refractivity (Wildman–Crippen MR) is 71.3 cm³/mol. The fourth-order valence-corrected chi connectivity index (χ4v) is 3.05. The van der Waals surface area contributed by atoms with E-state index in [1.54, 1.807) is 12.4 Å². The van der Waals surface area contributed by atoms with Crippen LogP contribution in [0.15, 0.2) is 16.9 Å². The highest BCUT2D eigenvalue weighted by atomic mass is 79.9. The SMILES string of the molecule is O=C1CN(c2ncc(Br)cn2)[C@@H]2CCCC[C@@H]2N1. The lowest BCUT2D eigenvalue weighted by Crippen LogP contribution is -2.62. The number of amides is 1. The Bertz CT molecular complexity index is 450. The van der Waals surface area contributed by atoms with Gasteiger partial charge in [-0.1, -0.05) is 12.8 Å². The Morgan fingerprint density at radius 2 is 2.00 bits per heavy atom. The maximum absolute atomic E-state index is 11.8. The minimum Gasteiger partial charge on any atom is -0.350 e. The van der Waals surface area contributed by atoms with Crippen molar-refractivity contribution in [1.29, 1.82) is 0 Å². The maximum Gasteiger partial charge on any atom is 0.239 e. The largest absolute Gasteiger partial charge is 0.350 e. The second kappa shape index (κ2) is 4.84. The van der Waals surface area contributed by atoms with E-state index in [9.17, 15) is 4.79 Å². The molecule has 2 atom stereocenters. The summed E-state index contributed by atoms with van der Waals surface area (Å²) in [7, 11) is 0. The van der Waals surface area contributed by atoms with Gasteiger partial charge in [0.05, 0.1) is 10.5 Å². The molecule has 1 saturated heterocycles. The molecule has 0 unspecified atom stereocenters. The third-order valence-electron chi connectivity index (χ3n) is 3.65. The molecule has 1 saturated carbocycles. The third-order valence-corrected chi connectivity index (χ3v) is 4.06. The first-order valence-electron chi connectivity index (χ1n) is 6.27. The standard InChI is InChI=1S/C12H15BrN4O/c13-8-5-14-12(15-6-8)17-7-11(18)16-9-3-1-2-4-10(9)17/h5-6,9-10H,1-4,7H2,(H,16,18)/t9-,10+/m0/s1. The van der Waals surface area contributed by atoms with Crippen LogP contribution in [0, 0.1) is 0 Å². The summed E-state index contributed by atoms with van der Waals surface area (Å²) in [5, 5.41) is 3.08. The molecule has 1 aliphatic carbocycles. The van der Waals surface area contributed by atoms with Crippen molar-refractivity contribution in [2.75, 3.05) is 11.4 Å². The Morgan fingerprint density at radius 1 is 1.28 bits per heavy atom. The van der Waals surface area contributed by atoms with Crippen molar-refractivity contribution in [2.45, 2.75) is 37.8 Å². The number of fused-ring (bicyclic) bond motifs is 1. The predicted octanol–water partition coefficient (Wildman–Crippen LogP) is 1.49. The first kappa shape index (κ1) is 11.9. The average molecular weight is 311 g/mol. The second-order valence-corrected chi connectivity index (χ2v) is 5.77. The van der Waals surface area contributed by atoms with Gasteiger partial charge in [-0.2, -0.15) is 0 Å². The number of carbonyl (C=O) groups excluding carboxylic acids is 1. The molecule has 0 aromatic carbocycles. The van der Waals surface area contributed by atoms with E-state index >= 15 is 0 Å². The molecule has 2 heterocycles. The average Bonchev–Trinajstić information content (AvgIpc) is 2.38. The maximum atomic E-state index is 11.8. The van der Waals surface area contributed by atoms with Crippen LogP contribution in [-0.2, 0) is 4.79 Å². The zero-order chi connectivity index (χ0) is 12.5. The van der Waals surface area contributed by atoms with Crippen molar-refractivity contribution in [2.24, 2.45) is 0 Å². The van der Waals surface area contributed by atoms with E-state index in [0.29, 0.717) is 18.5 Å². The van der Waals surface area contributed by atoms with Gasteiger partial charge >= 0.3 is 0 Å². The Balaban J connectivity index is 1.88. The van der Waals surface area contributed by atoms with Gasteiger partial charge in [0.25, 0.3) is 0 Å². The highest BCUT2D eigenvalue weighted by Gasteiger charge is 2.37. The number of aromatic nitrogens is 2. The van der Waals surface area contributed by atoms with E-state index in [-0.39, 0.29) is 11.9 Å². The lowest BCUT2D eigenvalue weighted by Gasteiger charge is -2.43. The van der Waals surface area contributed by atoms with Gasteiger partial charge < -0.3 is 10.2 Å². The molecule has 18 heavy (non-hydrogen) atoms. The van der Waals surface area contributed by atoms with E-state index in [4.69, 9.17) is 0 Å². The summed E-state index contributed by atoms with van der Waals surface area (Å²) in [6.07, 6.45) is 8.02. The van der Waals surface area contributed by atoms with Crippen LogP contribution in [0.3, 0.4) is 0 Å². The van der Waals surface area contributed by atoms with Gasteiger partial charge in [0.15, 0.2) is 0 Å². The van der Waals surface area contributed by atoms with Crippen molar-refractivity contribution in [3.63, 3.8) is 0 Å². The number of piperazine rings is 1. The minimum atomic E-state index is 0.0738. The summed E-state index contributed by atoms with van der Waals surface area (Å²) in [6, 6.07) is 0.602. The van der Waals surface area contributed by atoms with Gasteiger partial charge in [-0.15, -0.1) is 0 Å². The zero-order valence-electron chi connectivity index (χ0n) is 9.97. The molecule has 3 rings (SSSR count). The van der Waals surface area contributed by atoms with Crippen molar-refractivity contribution >= 4 is 27.8 Å². The minimum absolute atomic E-state index is 0.0738. The summed E-state index contributed by atoms with van der Waals surface area (Å²) in [6.45, 7) is 0.364. The summed E-state index contributed by atoms with van der Waals surface area (Å²) >= 11 is 3.33. The molecule has 1 N–H and O–H groups in total. The highest BCUT2D eigenvalue weighted by Crippen LogP contribution is 2.28. The number of anilines is 1. The smallest absolute Gasteiger partial charge is 0.239 e. The van der Waals surface area contributed by atoms with Crippen molar-refractivity contribution in [1.82, 2.24) is 15.3 Å². The van der Waals surface area contributed by atoms with Gasteiger partial charge in [0.2, 0.25) is 11.9 Å². The van der Waals surface area contributed by atoms with Crippen molar-refractivity contribution in [3.05, 3.63) is 16.9 Å². The molecule has 1 amide bonds. The highest BCUT2D eigenvalue weighted by molar-refractivity contribution is 9.10. The van der Waals surface area contributed by atoms with Gasteiger partial charge in [0, 0.05) is 18.4 Å².